The van der Waals surface area contributed by atoms with Gasteiger partial charge in [0.05, 0.1) is 0 Å². The number of benzene rings is 11. The maximum Gasteiger partial charge on any atom is 0.0159 e. The summed E-state index contributed by atoms with van der Waals surface area (Å²) in [5, 5.41) is 12.8. The van der Waals surface area contributed by atoms with Crippen LogP contribution in [0.1, 0.15) is 49.9 Å². The second kappa shape index (κ2) is 12.6. The smallest absolute Gasteiger partial charge is 0.0159 e. The van der Waals surface area contributed by atoms with Crippen LogP contribution in [0.4, 0.5) is 0 Å². The van der Waals surface area contributed by atoms with E-state index < -0.39 is 0 Å². The minimum Gasteiger partial charge on any atom is -0.0619 e. The fourth-order valence-corrected chi connectivity index (χ4v) is 12.0. The van der Waals surface area contributed by atoms with E-state index in [1.165, 1.54) is 132 Å². The molecular weight excluding hydrogens is 745 g/mol. The zero-order valence-corrected chi connectivity index (χ0v) is 35.5. The van der Waals surface area contributed by atoms with Crippen LogP contribution in [0.2, 0.25) is 0 Å². The molecule has 0 saturated heterocycles. The molecule has 0 aromatic heterocycles. The summed E-state index contributed by atoms with van der Waals surface area (Å²) in [5.41, 5.74) is 18.6. The molecule has 0 heterocycles. The second-order valence-corrected chi connectivity index (χ2v) is 18.7. The molecule has 0 amide bonds. The summed E-state index contributed by atoms with van der Waals surface area (Å²) < 4.78 is 0. The molecule has 13 rings (SSSR count). The van der Waals surface area contributed by atoms with Crippen molar-refractivity contribution in [2.45, 2.75) is 38.5 Å². The van der Waals surface area contributed by atoms with Gasteiger partial charge in [-0.15, -0.1) is 0 Å². The lowest BCUT2D eigenvalue weighted by molar-refractivity contribution is 0.660. The van der Waals surface area contributed by atoms with Gasteiger partial charge >= 0.3 is 0 Å². The molecule has 2 aliphatic rings. The van der Waals surface area contributed by atoms with Gasteiger partial charge in [0.1, 0.15) is 0 Å². The van der Waals surface area contributed by atoms with Gasteiger partial charge in [0.2, 0.25) is 0 Å². The fraction of sp³-hybridized carbons (Fsp3) is 0.0968. The summed E-state index contributed by atoms with van der Waals surface area (Å²) in [5.74, 6) is 0. The van der Waals surface area contributed by atoms with Crippen LogP contribution in [0, 0.1) is 0 Å². The largest absolute Gasteiger partial charge is 0.0619 e. The Bertz CT molecular complexity index is 3630. The van der Waals surface area contributed by atoms with Crippen molar-refractivity contribution in [1.82, 2.24) is 0 Å². The standard InChI is InChI=1S/C62H44/c1-61(2)52-31-17-15-20-39(52)40-34-33-37(35-54(40)61)56-42-22-7-11-26-46(42)59(47-27-12-8-23-43(47)56)60-48-28-13-9-24-44(48)57(45-25-10-14-29-49(45)60)51-36-55-58(41-21-6-5-19-38(41)51)50-30-16-18-32-53(50)62(55,3)4/h5-36H,1-4H3. The normalized spacial score (nSPS) is 14.4. The molecule has 0 bridgehead atoms. The Kier molecular flexibility index (Phi) is 7.23. The molecule has 0 N–H and O–H groups in total. The Morgan fingerprint density at radius 1 is 0.226 bits per heavy atom. The Labute approximate surface area is 362 Å². The van der Waals surface area contributed by atoms with E-state index in [0.29, 0.717) is 0 Å². The maximum atomic E-state index is 2.54. The van der Waals surface area contributed by atoms with Crippen molar-refractivity contribution in [3.63, 3.8) is 0 Å². The first kappa shape index (κ1) is 35.5. The van der Waals surface area contributed by atoms with Gasteiger partial charge in [-0.1, -0.05) is 210 Å². The topological polar surface area (TPSA) is 0 Å². The number of hydrogen-bond donors (Lipinski definition) is 0. The highest BCUT2D eigenvalue weighted by Crippen LogP contribution is 2.56. The van der Waals surface area contributed by atoms with Crippen molar-refractivity contribution < 1.29 is 0 Å². The highest BCUT2D eigenvalue weighted by molar-refractivity contribution is 6.31. The van der Waals surface area contributed by atoms with Crippen LogP contribution >= 0.6 is 0 Å². The average molecular weight is 789 g/mol. The SMILES string of the molecule is CC1(C)c2ccccc2-c2ccc(-c3c4ccccc4c(-c4c5ccccc5c(-c5cc6c(c7ccccc57)-c5ccccc5C6(C)C)c5ccccc45)c4ccccc34)cc21. The Morgan fingerprint density at radius 2 is 0.581 bits per heavy atom. The molecule has 0 spiro atoms. The molecule has 0 saturated carbocycles. The first-order valence-corrected chi connectivity index (χ1v) is 22.1. The molecule has 0 radical (unpaired) electrons. The fourth-order valence-electron chi connectivity index (χ4n) is 12.0. The van der Waals surface area contributed by atoms with E-state index in [0.717, 1.165) is 0 Å². The third-order valence-electron chi connectivity index (χ3n) is 14.8. The zero-order valence-electron chi connectivity index (χ0n) is 35.5. The Hall–Kier alpha value is -7.28. The van der Waals surface area contributed by atoms with Crippen LogP contribution < -0.4 is 0 Å². The lowest BCUT2D eigenvalue weighted by Gasteiger charge is -2.25. The van der Waals surface area contributed by atoms with Crippen molar-refractivity contribution in [2.75, 3.05) is 0 Å². The minimum absolute atomic E-state index is 0.0864. The van der Waals surface area contributed by atoms with Gasteiger partial charge in [-0.25, -0.2) is 0 Å². The average Bonchev–Trinajstić information content (AvgIpc) is 3.69. The van der Waals surface area contributed by atoms with E-state index in [2.05, 4.69) is 222 Å². The molecule has 0 atom stereocenters. The quantitative estimate of drug-likeness (QED) is 0.156. The van der Waals surface area contributed by atoms with Crippen LogP contribution in [-0.2, 0) is 10.8 Å². The monoisotopic (exact) mass is 788 g/mol. The van der Waals surface area contributed by atoms with Gasteiger partial charge in [-0.3, -0.25) is 0 Å². The molecule has 11 aromatic carbocycles. The zero-order chi connectivity index (χ0) is 41.5. The molecule has 0 fully saturated rings. The minimum atomic E-state index is -0.131. The molecule has 0 unspecified atom stereocenters. The van der Waals surface area contributed by atoms with Crippen molar-refractivity contribution >= 4 is 53.9 Å². The molecule has 0 heteroatoms. The van der Waals surface area contributed by atoms with E-state index in [1.807, 2.05) is 0 Å². The van der Waals surface area contributed by atoms with Crippen molar-refractivity contribution in [1.29, 1.82) is 0 Å². The van der Waals surface area contributed by atoms with Gasteiger partial charge < -0.3 is 0 Å². The molecule has 62 heavy (non-hydrogen) atoms. The first-order valence-electron chi connectivity index (χ1n) is 22.1. The highest BCUT2D eigenvalue weighted by Gasteiger charge is 2.38. The van der Waals surface area contributed by atoms with E-state index >= 15 is 0 Å². The molecular formula is C62H44. The summed E-state index contributed by atoms with van der Waals surface area (Å²) in [4.78, 5) is 0. The van der Waals surface area contributed by atoms with Crippen LogP contribution in [0.5, 0.6) is 0 Å². The van der Waals surface area contributed by atoms with E-state index in [9.17, 15) is 0 Å². The molecule has 0 aliphatic heterocycles. The van der Waals surface area contributed by atoms with E-state index in [-0.39, 0.29) is 10.8 Å². The van der Waals surface area contributed by atoms with Crippen LogP contribution in [0.3, 0.4) is 0 Å². The highest BCUT2D eigenvalue weighted by atomic mass is 14.4. The van der Waals surface area contributed by atoms with E-state index in [1.54, 1.807) is 0 Å². The third kappa shape index (κ3) is 4.62. The summed E-state index contributed by atoms with van der Waals surface area (Å²) >= 11 is 0. The van der Waals surface area contributed by atoms with Crippen molar-refractivity contribution in [2.24, 2.45) is 0 Å². The predicted octanol–water partition coefficient (Wildman–Crippen LogP) is 17.1. The lowest BCUT2D eigenvalue weighted by Crippen LogP contribution is -2.15. The predicted molar refractivity (Wildman–Crippen MR) is 265 cm³/mol. The van der Waals surface area contributed by atoms with E-state index in [4.69, 9.17) is 0 Å². The van der Waals surface area contributed by atoms with Crippen molar-refractivity contribution in [3.8, 4) is 55.6 Å². The summed E-state index contributed by atoms with van der Waals surface area (Å²) in [7, 11) is 0. The lowest BCUT2D eigenvalue weighted by atomic mass is 9.78. The van der Waals surface area contributed by atoms with Gasteiger partial charge in [0.25, 0.3) is 0 Å². The molecule has 11 aromatic rings. The summed E-state index contributed by atoms with van der Waals surface area (Å²) in [6.07, 6.45) is 0. The number of rotatable bonds is 3. The maximum absolute atomic E-state index is 2.54. The number of hydrogen-bond acceptors (Lipinski definition) is 0. The van der Waals surface area contributed by atoms with Gasteiger partial charge in [-0.2, -0.15) is 0 Å². The number of fused-ring (bicyclic) bond motifs is 12. The third-order valence-corrected chi connectivity index (χ3v) is 14.8. The molecule has 292 valence electrons. The summed E-state index contributed by atoms with van der Waals surface area (Å²) in [6, 6.07) is 73.6. The molecule has 2 aliphatic carbocycles. The Morgan fingerprint density at radius 3 is 1.10 bits per heavy atom. The van der Waals surface area contributed by atoms with Crippen molar-refractivity contribution in [3.05, 3.63) is 216 Å². The van der Waals surface area contributed by atoms with Crippen LogP contribution in [0.15, 0.2) is 194 Å². The van der Waals surface area contributed by atoms with Crippen LogP contribution in [0.25, 0.3) is 109 Å². The first-order chi connectivity index (χ1) is 30.3. The van der Waals surface area contributed by atoms with Gasteiger partial charge in [-0.05, 0) is 144 Å². The molecule has 0 nitrogen and oxygen atoms in total. The summed E-state index contributed by atoms with van der Waals surface area (Å²) in [6.45, 7) is 9.56. The Balaban J connectivity index is 1.12. The van der Waals surface area contributed by atoms with Gasteiger partial charge in [0.15, 0.2) is 0 Å². The van der Waals surface area contributed by atoms with Gasteiger partial charge in [0, 0.05) is 10.8 Å². The second-order valence-electron chi connectivity index (χ2n) is 18.7. The van der Waals surface area contributed by atoms with Crippen LogP contribution in [-0.4, -0.2) is 0 Å².